The zero-order chi connectivity index (χ0) is 13.2. The highest BCUT2D eigenvalue weighted by molar-refractivity contribution is 7.17. The normalized spacial score (nSPS) is 10.7. The van der Waals surface area contributed by atoms with Crippen molar-refractivity contribution in [2.24, 2.45) is 0 Å². The Hall–Kier alpha value is -1.92. The summed E-state index contributed by atoms with van der Waals surface area (Å²) >= 11 is 2.92. The average molecular weight is 290 g/mol. The van der Waals surface area contributed by atoms with Crippen LogP contribution in [-0.4, -0.2) is 4.92 Å². The molecule has 3 rings (SSSR count). The van der Waals surface area contributed by atoms with E-state index < -0.39 is 0 Å². The first-order valence-electron chi connectivity index (χ1n) is 5.66. The van der Waals surface area contributed by atoms with Gasteiger partial charge in [-0.2, -0.15) is 0 Å². The summed E-state index contributed by atoms with van der Waals surface area (Å²) in [5.41, 5.74) is 1.03. The summed E-state index contributed by atoms with van der Waals surface area (Å²) in [5, 5.41) is 17.4. The Morgan fingerprint density at radius 2 is 2.11 bits per heavy atom. The number of fused-ring (bicyclic) bond motifs is 1. The van der Waals surface area contributed by atoms with Gasteiger partial charge in [0.25, 0.3) is 0 Å². The van der Waals surface area contributed by atoms with Gasteiger partial charge in [0.15, 0.2) is 0 Å². The first-order chi connectivity index (χ1) is 9.22. The predicted molar refractivity (Wildman–Crippen MR) is 80.1 cm³/mol. The number of nitro groups is 1. The summed E-state index contributed by atoms with van der Waals surface area (Å²) in [6.07, 6.45) is 0. The first kappa shape index (κ1) is 12.1. The molecule has 0 amide bonds. The quantitative estimate of drug-likeness (QED) is 0.569. The van der Waals surface area contributed by atoms with E-state index in [2.05, 4.69) is 28.9 Å². The molecular formula is C13H10N2O2S2. The van der Waals surface area contributed by atoms with Gasteiger partial charge < -0.3 is 5.32 Å². The van der Waals surface area contributed by atoms with Gasteiger partial charge >= 0.3 is 5.00 Å². The van der Waals surface area contributed by atoms with Crippen LogP contribution in [0.15, 0.2) is 41.8 Å². The van der Waals surface area contributed by atoms with E-state index in [1.165, 1.54) is 21.4 Å². The molecule has 0 saturated carbocycles. The van der Waals surface area contributed by atoms with Gasteiger partial charge in [0.2, 0.25) is 0 Å². The van der Waals surface area contributed by atoms with Crippen LogP contribution in [0.1, 0.15) is 4.88 Å². The van der Waals surface area contributed by atoms with Crippen LogP contribution in [0.25, 0.3) is 10.1 Å². The molecule has 0 aliphatic heterocycles. The lowest BCUT2D eigenvalue weighted by Crippen LogP contribution is -1.96. The first-order valence-corrected chi connectivity index (χ1v) is 7.36. The molecule has 0 fully saturated rings. The molecule has 3 aromatic rings. The minimum atomic E-state index is -0.356. The molecule has 6 heteroatoms. The van der Waals surface area contributed by atoms with Crippen molar-refractivity contribution in [3.8, 4) is 0 Å². The number of anilines is 1. The second kappa shape index (κ2) is 4.99. The van der Waals surface area contributed by atoms with Crippen LogP contribution >= 0.6 is 22.7 Å². The number of nitrogens with one attached hydrogen (secondary N) is 1. The molecule has 1 aromatic carbocycles. The summed E-state index contributed by atoms with van der Waals surface area (Å²) in [6, 6.07) is 11.6. The van der Waals surface area contributed by atoms with Gasteiger partial charge in [-0.3, -0.25) is 10.1 Å². The van der Waals surface area contributed by atoms with E-state index in [0.717, 1.165) is 10.6 Å². The number of rotatable bonds is 4. The Morgan fingerprint density at radius 1 is 1.21 bits per heavy atom. The van der Waals surface area contributed by atoms with E-state index in [4.69, 9.17) is 0 Å². The second-order valence-electron chi connectivity index (χ2n) is 4.02. The van der Waals surface area contributed by atoms with Gasteiger partial charge in [0.1, 0.15) is 0 Å². The summed E-state index contributed by atoms with van der Waals surface area (Å²) in [5.74, 6) is 0. The highest BCUT2D eigenvalue weighted by Crippen LogP contribution is 2.26. The van der Waals surface area contributed by atoms with Gasteiger partial charge in [-0.15, -0.1) is 11.3 Å². The lowest BCUT2D eigenvalue weighted by Gasteiger charge is -2.04. The summed E-state index contributed by atoms with van der Waals surface area (Å²) in [7, 11) is 0. The van der Waals surface area contributed by atoms with E-state index >= 15 is 0 Å². The maximum absolute atomic E-state index is 10.6. The van der Waals surface area contributed by atoms with Crippen LogP contribution in [0, 0.1) is 10.1 Å². The van der Waals surface area contributed by atoms with E-state index in [1.54, 1.807) is 23.5 Å². The minimum Gasteiger partial charge on any atom is -0.380 e. The minimum absolute atomic E-state index is 0.185. The molecule has 19 heavy (non-hydrogen) atoms. The monoisotopic (exact) mass is 290 g/mol. The molecule has 2 heterocycles. The van der Waals surface area contributed by atoms with E-state index in [1.807, 2.05) is 6.07 Å². The fourth-order valence-corrected chi connectivity index (χ4v) is 3.36. The summed E-state index contributed by atoms with van der Waals surface area (Å²) in [4.78, 5) is 11.2. The van der Waals surface area contributed by atoms with E-state index in [-0.39, 0.29) is 9.92 Å². The third-order valence-corrected chi connectivity index (χ3v) is 4.68. The molecule has 0 atom stereocenters. The smallest absolute Gasteiger partial charge is 0.324 e. The van der Waals surface area contributed by atoms with Gasteiger partial charge in [-0.05, 0) is 41.1 Å². The predicted octanol–water partition coefficient (Wildman–Crippen LogP) is 4.48. The summed E-state index contributed by atoms with van der Waals surface area (Å²) in [6.45, 7) is 0.605. The molecule has 0 saturated heterocycles. The molecule has 0 aliphatic rings. The van der Waals surface area contributed by atoms with Crippen molar-refractivity contribution in [3.05, 3.63) is 56.8 Å². The van der Waals surface area contributed by atoms with Crippen LogP contribution < -0.4 is 5.32 Å². The van der Waals surface area contributed by atoms with Crippen molar-refractivity contribution in [2.75, 3.05) is 5.32 Å². The number of hydrogen-bond acceptors (Lipinski definition) is 5. The maximum atomic E-state index is 10.6. The van der Waals surface area contributed by atoms with Crippen LogP contribution in [0.5, 0.6) is 0 Å². The van der Waals surface area contributed by atoms with Gasteiger partial charge in [-0.1, -0.05) is 11.3 Å². The van der Waals surface area contributed by atoms with Crippen molar-refractivity contribution in [1.29, 1.82) is 0 Å². The Kier molecular flexibility index (Phi) is 3.18. The molecule has 0 aliphatic carbocycles. The van der Waals surface area contributed by atoms with Gasteiger partial charge in [0, 0.05) is 27.9 Å². The van der Waals surface area contributed by atoms with Crippen LogP contribution in [0.2, 0.25) is 0 Å². The lowest BCUT2D eigenvalue weighted by atomic mass is 10.2. The molecule has 2 aromatic heterocycles. The Morgan fingerprint density at radius 3 is 2.89 bits per heavy atom. The van der Waals surface area contributed by atoms with Crippen LogP contribution in [-0.2, 0) is 6.54 Å². The molecule has 96 valence electrons. The van der Waals surface area contributed by atoms with Crippen molar-refractivity contribution in [3.63, 3.8) is 0 Å². The standard InChI is InChI=1S/C13H10N2O2S2/c16-15(17)13-4-2-11(19-13)8-14-10-1-3-12-9(7-10)5-6-18-12/h1-7,14H,8H2. The third kappa shape index (κ3) is 2.59. The topological polar surface area (TPSA) is 55.2 Å². The fourth-order valence-electron chi connectivity index (χ4n) is 1.83. The maximum Gasteiger partial charge on any atom is 0.324 e. The molecule has 1 N–H and O–H groups in total. The van der Waals surface area contributed by atoms with Gasteiger partial charge in [-0.25, -0.2) is 0 Å². The highest BCUT2D eigenvalue weighted by Gasteiger charge is 2.09. The third-order valence-electron chi connectivity index (χ3n) is 2.75. The van der Waals surface area contributed by atoms with Crippen LogP contribution in [0.4, 0.5) is 10.7 Å². The summed E-state index contributed by atoms with van der Waals surface area (Å²) < 4.78 is 1.26. The molecule has 0 spiro atoms. The molecular weight excluding hydrogens is 280 g/mol. The highest BCUT2D eigenvalue weighted by atomic mass is 32.1. The van der Waals surface area contributed by atoms with E-state index in [9.17, 15) is 10.1 Å². The largest absolute Gasteiger partial charge is 0.380 e. The van der Waals surface area contributed by atoms with Crippen molar-refractivity contribution in [2.45, 2.75) is 6.54 Å². The number of nitrogens with zero attached hydrogens (tertiary/aromatic N) is 1. The van der Waals surface area contributed by atoms with Crippen molar-refractivity contribution < 1.29 is 4.92 Å². The van der Waals surface area contributed by atoms with Crippen LogP contribution in [0.3, 0.4) is 0 Å². The number of hydrogen-bond donors (Lipinski definition) is 1. The SMILES string of the molecule is O=[N+]([O-])c1ccc(CNc2ccc3sccc3c2)s1. The Labute approximate surface area is 117 Å². The molecule has 4 nitrogen and oxygen atoms in total. The second-order valence-corrected chi connectivity index (χ2v) is 6.12. The zero-order valence-electron chi connectivity index (χ0n) is 9.83. The Balaban J connectivity index is 1.72. The zero-order valence-corrected chi connectivity index (χ0v) is 11.5. The average Bonchev–Trinajstić information content (AvgIpc) is 3.04. The van der Waals surface area contributed by atoms with Gasteiger partial charge in [0.05, 0.1) is 4.92 Å². The molecule has 0 unspecified atom stereocenters. The fraction of sp³-hybridized carbons (Fsp3) is 0.0769. The Bertz CT molecular complexity index is 733. The molecule has 0 radical (unpaired) electrons. The van der Waals surface area contributed by atoms with Crippen molar-refractivity contribution in [1.82, 2.24) is 0 Å². The number of thiophene rings is 2. The number of benzene rings is 1. The van der Waals surface area contributed by atoms with E-state index in [0.29, 0.717) is 6.54 Å². The van der Waals surface area contributed by atoms with Crippen molar-refractivity contribution >= 4 is 43.4 Å². The molecule has 0 bridgehead atoms. The lowest BCUT2D eigenvalue weighted by molar-refractivity contribution is -0.380.